The number of nitriles is 1. The molecular formula is C20H19F4N3O5S. The summed E-state index contributed by atoms with van der Waals surface area (Å²) in [6.07, 6.45) is -4.04. The molecule has 2 heterocycles. The molecule has 0 aliphatic carbocycles. The molecule has 1 aromatic heterocycles. The molecule has 178 valence electrons. The number of hydrogen-bond acceptors (Lipinski definition) is 7. The molecule has 1 unspecified atom stereocenters. The topological polar surface area (TPSA) is 113 Å². The van der Waals surface area contributed by atoms with E-state index in [-0.39, 0.29) is 42.3 Å². The zero-order chi connectivity index (χ0) is 24.4. The second-order valence-electron chi connectivity index (χ2n) is 7.40. The van der Waals surface area contributed by atoms with E-state index >= 15 is 0 Å². The van der Waals surface area contributed by atoms with Crippen LogP contribution in [-0.4, -0.2) is 54.5 Å². The minimum absolute atomic E-state index is 0.107. The first-order chi connectivity index (χ1) is 15.4. The van der Waals surface area contributed by atoms with Crippen molar-refractivity contribution < 1.29 is 40.6 Å². The molecule has 1 aromatic carbocycles. The average molecular weight is 489 g/mol. The molecule has 0 amide bonds. The van der Waals surface area contributed by atoms with Crippen LogP contribution in [0.1, 0.15) is 18.9 Å². The molecule has 1 N–H and O–H groups in total. The molecule has 0 radical (unpaired) electrons. The van der Waals surface area contributed by atoms with Gasteiger partial charge in [-0.2, -0.15) is 9.57 Å². The highest BCUT2D eigenvalue weighted by Gasteiger charge is 2.48. The van der Waals surface area contributed by atoms with Gasteiger partial charge < -0.3 is 14.6 Å². The molecule has 0 spiro atoms. The molecule has 3 rings (SSSR count). The summed E-state index contributed by atoms with van der Waals surface area (Å²) in [6, 6.07) is 7.03. The van der Waals surface area contributed by atoms with Crippen LogP contribution < -0.4 is 9.47 Å². The number of alkyl halides is 3. The van der Waals surface area contributed by atoms with Crippen molar-refractivity contribution in [3.8, 4) is 17.7 Å². The zero-order valence-corrected chi connectivity index (χ0v) is 18.0. The predicted molar refractivity (Wildman–Crippen MR) is 105 cm³/mol. The number of rotatable bonds is 7. The van der Waals surface area contributed by atoms with Crippen LogP contribution in [0, 0.1) is 23.1 Å². The largest absolute Gasteiger partial charge is 0.574 e. The van der Waals surface area contributed by atoms with Crippen LogP contribution in [0.4, 0.5) is 17.6 Å². The van der Waals surface area contributed by atoms with E-state index in [0.717, 1.165) is 28.7 Å². The maximum absolute atomic E-state index is 13.8. The number of halogens is 4. The summed E-state index contributed by atoms with van der Waals surface area (Å²) in [5.41, 5.74) is -1.61. The van der Waals surface area contributed by atoms with Gasteiger partial charge in [0.05, 0.1) is 24.0 Å². The number of pyridine rings is 1. The highest BCUT2D eigenvalue weighted by Crippen LogP contribution is 2.35. The maximum atomic E-state index is 13.8. The second-order valence-corrected chi connectivity index (χ2v) is 9.33. The highest BCUT2D eigenvalue weighted by atomic mass is 32.2. The van der Waals surface area contributed by atoms with Crippen molar-refractivity contribution in [3.63, 3.8) is 0 Å². The van der Waals surface area contributed by atoms with Crippen LogP contribution in [0.15, 0.2) is 41.4 Å². The Morgan fingerprint density at radius 1 is 1.33 bits per heavy atom. The van der Waals surface area contributed by atoms with Gasteiger partial charge in [0, 0.05) is 31.1 Å². The third-order valence-corrected chi connectivity index (χ3v) is 7.12. The van der Waals surface area contributed by atoms with Crippen LogP contribution in [0.3, 0.4) is 0 Å². The van der Waals surface area contributed by atoms with Gasteiger partial charge in [-0.1, -0.05) is 6.92 Å². The van der Waals surface area contributed by atoms with Crippen molar-refractivity contribution in [3.05, 3.63) is 47.9 Å². The Morgan fingerprint density at radius 2 is 2.06 bits per heavy atom. The summed E-state index contributed by atoms with van der Waals surface area (Å²) in [5.74, 6) is -2.16. The number of benzene rings is 1. The van der Waals surface area contributed by atoms with Gasteiger partial charge >= 0.3 is 6.36 Å². The van der Waals surface area contributed by atoms with Gasteiger partial charge in [-0.05, 0) is 24.6 Å². The molecule has 33 heavy (non-hydrogen) atoms. The van der Waals surface area contributed by atoms with Gasteiger partial charge in [-0.3, -0.25) is 0 Å². The van der Waals surface area contributed by atoms with Gasteiger partial charge in [-0.15, -0.1) is 13.2 Å². The van der Waals surface area contributed by atoms with Crippen molar-refractivity contribution in [1.29, 1.82) is 5.26 Å². The minimum Gasteiger partial charge on any atom is -0.493 e. The molecule has 1 saturated heterocycles. The third-order valence-electron chi connectivity index (χ3n) is 5.33. The number of aliphatic hydroxyl groups is 1. The van der Waals surface area contributed by atoms with E-state index < -0.39 is 39.6 Å². The van der Waals surface area contributed by atoms with Crippen molar-refractivity contribution in [2.75, 3.05) is 19.7 Å². The van der Waals surface area contributed by atoms with E-state index in [9.17, 15) is 31.1 Å². The third kappa shape index (κ3) is 5.52. The summed E-state index contributed by atoms with van der Waals surface area (Å²) in [7, 11) is -4.19. The van der Waals surface area contributed by atoms with Gasteiger partial charge in [0.1, 0.15) is 22.5 Å². The highest BCUT2D eigenvalue weighted by molar-refractivity contribution is 7.89. The predicted octanol–water partition coefficient (Wildman–Crippen LogP) is 2.83. The Bertz CT molecular complexity index is 1150. The Kier molecular flexibility index (Phi) is 6.83. The van der Waals surface area contributed by atoms with Crippen molar-refractivity contribution in [2.45, 2.75) is 30.2 Å². The van der Waals surface area contributed by atoms with E-state index in [1.807, 2.05) is 0 Å². The van der Waals surface area contributed by atoms with E-state index in [2.05, 4.69) is 9.72 Å². The van der Waals surface area contributed by atoms with Crippen LogP contribution in [0.5, 0.6) is 11.6 Å². The first kappa shape index (κ1) is 24.7. The summed E-state index contributed by atoms with van der Waals surface area (Å²) in [6.45, 7) is 1.10. The number of β-amino-alcohol motifs (C(OH)–C–C–N with tert-alkyl or cyclic N) is 1. The molecular weight excluding hydrogens is 470 g/mol. The molecule has 0 saturated carbocycles. The van der Waals surface area contributed by atoms with Crippen LogP contribution in [0.2, 0.25) is 0 Å². The SMILES string of the molecule is CC[C@]1(O)CN(S(=O)(=O)c2ccc(OC(F)(F)F)nc2)CC1COc1ccc(C#N)c(F)c1. The Hall–Kier alpha value is -2.95. The fraction of sp³-hybridized carbons (Fsp3) is 0.400. The standard InChI is InChI=1S/C20H19F4N3O5S/c1-2-19(28)12-27(10-14(19)11-31-15-4-3-13(8-25)17(21)7-15)33(29,30)16-5-6-18(26-9-16)32-20(22,23)24/h3-7,9,14,28H,2,10-12H2,1H3/t14?,19-/m0/s1. The number of hydrogen-bond donors (Lipinski definition) is 1. The fourth-order valence-electron chi connectivity index (χ4n) is 3.43. The van der Waals surface area contributed by atoms with E-state index in [1.54, 1.807) is 13.0 Å². The van der Waals surface area contributed by atoms with Gasteiger partial charge in [0.25, 0.3) is 0 Å². The van der Waals surface area contributed by atoms with Gasteiger partial charge in [0.2, 0.25) is 15.9 Å². The molecule has 8 nitrogen and oxygen atoms in total. The maximum Gasteiger partial charge on any atom is 0.574 e. The lowest BCUT2D eigenvalue weighted by Gasteiger charge is -2.27. The summed E-state index contributed by atoms with van der Waals surface area (Å²) >= 11 is 0. The number of aromatic nitrogens is 1. The lowest BCUT2D eigenvalue weighted by Crippen LogP contribution is -2.40. The monoisotopic (exact) mass is 489 g/mol. The molecule has 0 bridgehead atoms. The van der Waals surface area contributed by atoms with Crippen LogP contribution in [0.25, 0.3) is 0 Å². The number of nitrogens with zero attached hydrogens (tertiary/aromatic N) is 3. The van der Waals surface area contributed by atoms with Crippen molar-refractivity contribution in [2.24, 2.45) is 5.92 Å². The molecule has 1 aliphatic heterocycles. The number of ether oxygens (including phenoxy) is 2. The quantitative estimate of drug-likeness (QED) is 0.595. The smallest absolute Gasteiger partial charge is 0.493 e. The van der Waals surface area contributed by atoms with Crippen molar-refractivity contribution >= 4 is 10.0 Å². The molecule has 1 aliphatic rings. The molecule has 2 atom stereocenters. The van der Waals surface area contributed by atoms with E-state index in [4.69, 9.17) is 10.00 Å². The van der Waals surface area contributed by atoms with Crippen LogP contribution >= 0.6 is 0 Å². The van der Waals surface area contributed by atoms with Gasteiger partial charge in [-0.25, -0.2) is 17.8 Å². The first-order valence-corrected chi connectivity index (χ1v) is 11.1. The van der Waals surface area contributed by atoms with E-state index in [0.29, 0.717) is 0 Å². The number of sulfonamides is 1. The fourth-order valence-corrected chi connectivity index (χ4v) is 4.92. The normalized spacial score (nSPS) is 21.5. The Morgan fingerprint density at radius 3 is 2.61 bits per heavy atom. The van der Waals surface area contributed by atoms with Crippen molar-refractivity contribution in [1.82, 2.24) is 9.29 Å². The zero-order valence-electron chi connectivity index (χ0n) is 17.2. The summed E-state index contributed by atoms with van der Waals surface area (Å²) < 4.78 is 86.7. The second kappa shape index (κ2) is 9.12. The molecule has 13 heteroatoms. The van der Waals surface area contributed by atoms with Crippen LogP contribution in [-0.2, 0) is 10.0 Å². The van der Waals surface area contributed by atoms with Gasteiger partial charge in [0.15, 0.2) is 0 Å². The summed E-state index contributed by atoms with van der Waals surface area (Å²) in [5, 5.41) is 19.8. The minimum atomic E-state index is -4.97. The first-order valence-electron chi connectivity index (χ1n) is 9.65. The molecule has 2 aromatic rings. The Labute approximate surface area is 187 Å². The molecule has 1 fully saturated rings. The Balaban J connectivity index is 1.74. The lowest BCUT2D eigenvalue weighted by atomic mass is 9.89. The average Bonchev–Trinajstić information content (AvgIpc) is 3.09. The lowest BCUT2D eigenvalue weighted by molar-refractivity contribution is -0.276. The van der Waals surface area contributed by atoms with E-state index in [1.165, 1.54) is 12.1 Å². The summed E-state index contributed by atoms with van der Waals surface area (Å²) in [4.78, 5) is 3.01.